The molecule has 0 saturated heterocycles. The monoisotopic (exact) mass is 318 g/mol. The summed E-state index contributed by atoms with van der Waals surface area (Å²) in [6, 6.07) is 17.6. The molecule has 4 atom stereocenters. The first-order valence-corrected chi connectivity index (χ1v) is 7.49. The first-order valence-electron chi connectivity index (χ1n) is 7.49. The summed E-state index contributed by atoms with van der Waals surface area (Å²) in [6.07, 6.45) is -4.35. The third-order valence-electron chi connectivity index (χ3n) is 3.59. The van der Waals surface area contributed by atoms with Gasteiger partial charge in [-0.3, -0.25) is 0 Å². The normalized spacial score (nSPS) is 16.5. The van der Waals surface area contributed by atoms with Crippen LogP contribution in [0.3, 0.4) is 0 Å². The molecule has 0 saturated carbocycles. The molecule has 5 heteroatoms. The summed E-state index contributed by atoms with van der Waals surface area (Å²) in [5.74, 6) is 0. The highest BCUT2D eigenvalue weighted by molar-refractivity contribution is 5.19. The first-order chi connectivity index (χ1) is 11.1. The van der Waals surface area contributed by atoms with Crippen LogP contribution in [-0.2, 0) is 4.74 Å². The Morgan fingerprint density at radius 2 is 0.957 bits per heavy atom. The lowest BCUT2D eigenvalue weighted by molar-refractivity contribution is -0.0788. The molecule has 0 amide bonds. The summed E-state index contributed by atoms with van der Waals surface area (Å²) < 4.78 is 5.22. The number of aliphatic hydroxyl groups is 4. The van der Waals surface area contributed by atoms with Gasteiger partial charge in [-0.25, -0.2) is 0 Å². The van der Waals surface area contributed by atoms with Gasteiger partial charge >= 0.3 is 0 Å². The molecule has 0 aromatic heterocycles. The van der Waals surface area contributed by atoms with Crippen molar-refractivity contribution >= 4 is 0 Å². The summed E-state index contributed by atoms with van der Waals surface area (Å²) in [7, 11) is 0. The lowest BCUT2D eigenvalue weighted by Gasteiger charge is -2.21. The fourth-order valence-corrected chi connectivity index (χ4v) is 2.24. The predicted octanol–water partition coefficient (Wildman–Crippen LogP) is 1.19. The van der Waals surface area contributed by atoms with Gasteiger partial charge in [0.1, 0.15) is 24.4 Å². The van der Waals surface area contributed by atoms with Crippen LogP contribution in [0.5, 0.6) is 0 Å². The van der Waals surface area contributed by atoms with E-state index in [2.05, 4.69) is 0 Å². The Kier molecular flexibility index (Phi) is 6.70. The minimum Gasteiger partial charge on any atom is -0.388 e. The van der Waals surface area contributed by atoms with Crippen molar-refractivity contribution in [3.8, 4) is 0 Å². The van der Waals surface area contributed by atoms with Crippen molar-refractivity contribution in [3.63, 3.8) is 0 Å². The van der Waals surface area contributed by atoms with Crippen molar-refractivity contribution < 1.29 is 25.2 Å². The maximum atomic E-state index is 10.00. The highest BCUT2D eigenvalue weighted by Crippen LogP contribution is 2.18. The molecule has 0 heterocycles. The van der Waals surface area contributed by atoms with Crippen molar-refractivity contribution in [1.82, 2.24) is 0 Å². The fourth-order valence-electron chi connectivity index (χ4n) is 2.24. The van der Waals surface area contributed by atoms with E-state index in [1.54, 1.807) is 48.5 Å². The van der Waals surface area contributed by atoms with Crippen LogP contribution in [-0.4, -0.2) is 45.8 Å². The van der Waals surface area contributed by atoms with Gasteiger partial charge in [0.25, 0.3) is 0 Å². The van der Waals surface area contributed by atoms with Gasteiger partial charge < -0.3 is 25.2 Å². The van der Waals surface area contributed by atoms with Crippen LogP contribution in [0, 0.1) is 0 Å². The standard InChI is InChI=1S/C18H22O5/c19-15(17(21)13-7-3-1-4-8-13)11-23-12-16(20)18(22)14-9-5-2-6-10-14/h1-10,15-22H,11-12H2. The maximum absolute atomic E-state index is 10.00. The topological polar surface area (TPSA) is 90.2 Å². The second kappa shape index (κ2) is 8.76. The number of aliphatic hydroxyl groups excluding tert-OH is 4. The molecule has 0 radical (unpaired) electrons. The average molecular weight is 318 g/mol. The van der Waals surface area contributed by atoms with Crippen molar-refractivity contribution in [2.45, 2.75) is 24.4 Å². The van der Waals surface area contributed by atoms with E-state index in [9.17, 15) is 20.4 Å². The van der Waals surface area contributed by atoms with Gasteiger partial charge in [-0.05, 0) is 11.1 Å². The molecule has 0 aliphatic heterocycles. The number of hydrogen-bond acceptors (Lipinski definition) is 5. The van der Waals surface area contributed by atoms with E-state index in [0.29, 0.717) is 11.1 Å². The second-order valence-electron chi connectivity index (χ2n) is 5.38. The molecule has 23 heavy (non-hydrogen) atoms. The van der Waals surface area contributed by atoms with Gasteiger partial charge in [0, 0.05) is 0 Å². The zero-order valence-corrected chi connectivity index (χ0v) is 12.7. The SMILES string of the molecule is OC(COCC(O)C(O)c1ccccc1)C(O)c1ccccc1. The van der Waals surface area contributed by atoms with Gasteiger partial charge in [0.05, 0.1) is 13.2 Å². The van der Waals surface area contributed by atoms with Crippen LogP contribution in [0.2, 0.25) is 0 Å². The Morgan fingerprint density at radius 1 is 0.609 bits per heavy atom. The van der Waals surface area contributed by atoms with Crippen LogP contribution in [0.1, 0.15) is 23.3 Å². The number of ether oxygens (including phenoxy) is 1. The lowest BCUT2D eigenvalue weighted by Crippen LogP contribution is -2.29. The molecule has 0 bridgehead atoms. The average Bonchev–Trinajstić information content (AvgIpc) is 2.61. The van der Waals surface area contributed by atoms with Gasteiger partial charge in [0.2, 0.25) is 0 Å². The molecule has 2 aromatic carbocycles. The van der Waals surface area contributed by atoms with Crippen molar-refractivity contribution in [2.24, 2.45) is 0 Å². The molecular weight excluding hydrogens is 296 g/mol. The highest BCUT2D eigenvalue weighted by atomic mass is 16.5. The third-order valence-corrected chi connectivity index (χ3v) is 3.59. The molecule has 0 spiro atoms. The van der Waals surface area contributed by atoms with Crippen molar-refractivity contribution in [1.29, 1.82) is 0 Å². The highest BCUT2D eigenvalue weighted by Gasteiger charge is 2.21. The molecule has 4 N–H and O–H groups in total. The van der Waals surface area contributed by atoms with Crippen LogP contribution < -0.4 is 0 Å². The summed E-state index contributed by atoms with van der Waals surface area (Å²) in [6.45, 7) is -0.288. The Labute approximate surface area is 135 Å². The predicted molar refractivity (Wildman–Crippen MR) is 85.6 cm³/mol. The van der Waals surface area contributed by atoms with E-state index in [1.807, 2.05) is 12.1 Å². The smallest absolute Gasteiger partial charge is 0.107 e. The van der Waals surface area contributed by atoms with Gasteiger partial charge in [-0.15, -0.1) is 0 Å². The van der Waals surface area contributed by atoms with E-state index in [0.717, 1.165) is 0 Å². The molecule has 2 aromatic rings. The minimum atomic E-state index is -1.11. The number of benzene rings is 2. The van der Waals surface area contributed by atoms with Gasteiger partial charge in [0.15, 0.2) is 0 Å². The third kappa shape index (κ3) is 5.13. The number of rotatable bonds is 8. The summed E-state index contributed by atoms with van der Waals surface area (Å²) in [4.78, 5) is 0. The molecule has 124 valence electrons. The molecule has 5 nitrogen and oxygen atoms in total. The van der Waals surface area contributed by atoms with Gasteiger partial charge in [-0.1, -0.05) is 60.7 Å². The largest absolute Gasteiger partial charge is 0.388 e. The first kappa shape index (κ1) is 17.6. The Bertz CT molecular complexity index is 509. The van der Waals surface area contributed by atoms with E-state index in [4.69, 9.17) is 4.74 Å². The molecular formula is C18H22O5. The van der Waals surface area contributed by atoms with E-state index >= 15 is 0 Å². The summed E-state index contributed by atoms with van der Waals surface area (Å²) in [5.41, 5.74) is 1.18. The van der Waals surface area contributed by atoms with E-state index in [1.165, 1.54) is 0 Å². The molecule has 2 rings (SSSR count). The Hall–Kier alpha value is -1.76. The zero-order valence-electron chi connectivity index (χ0n) is 12.7. The molecule has 0 aliphatic carbocycles. The number of hydrogen-bond donors (Lipinski definition) is 4. The molecule has 0 fully saturated rings. The van der Waals surface area contributed by atoms with Crippen LogP contribution >= 0.6 is 0 Å². The Balaban J connectivity index is 1.78. The van der Waals surface area contributed by atoms with Crippen LogP contribution in [0.25, 0.3) is 0 Å². The van der Waals surface area contributed by atoms with E-state index in [-0.39, 0.29) is 13.2 Å². The molecule has 4 unspecified atom stereocenters. The fraction of sp³-hybridized carbons (Fsp3) is 0.333. The van der Waals surface area contributed by atoms with E-state index < -0.39 is 24.4 Å². The van der Waals surface area contributed by atoms with Crippen LogP contribution in [0.4, 0.5) is 0 Å². The summed E-state index contributed by atoms with van der Waals surface area (Å²) >= 11 is 0. The van der Waals surface area contributed by atoms with Crippen LogP contribution in [0.15, 0.2) is 60.7 Å². The zero-order chi connectivity index (χ0) is 16.7. The minimum absolute atomic E-state index is 0.144. The second-order valence-corrected chi connectivity index (χ2v) is 5.38. The Morgan fingerprint density at radius 3 is 1.30 bits per heavy atom. The quantitative estimate of drug-likeness (QED) is 0.587. The van der Waals surface area contributed by atoms with Crippen molar-refractivity contribution in [3.05, 3.63) is 71.8 Å². The maximum Gasteiger partial charge on any atom is 0.107 e. The lowest BCUT2D eigenvalue weighted by atomic mass is 10.0. The summed E-state index contributed by atoms with van der Waals surface area (Å²) in [5, 5.41) is 39.8. The molecule has 0 aliphatic rings. The van der Waals surface area contributed by atoms with Crippen molar-refractivity contribution in [2.75, 3.05) is 13.2 Å². The van der Waals surface area contributed by atoms with Gasteiger partial charge in [-0.2, -0.15) is 0 Å².